The molecular weight excluding hydrogens is 336 g/mol. The highest BCUT2D eigenvalue weighted by Crippen LogP contribution is 2.35. The summed E-state index contributed by atoms with van der Waals surface area (Å²) < 4.78 is 0. The van der Waals surface area contributed by atoms with E-state index >= 15 is 0 Å². The molecule has 0 aliphatic rings. The Kier molecular flexibility index (Phi) is 3.98. The standard InChI is InChI=1S/C28H22/c1-19-13-14-24-15-20(2)17-28(27(24)16-19)23-10-5-9-22(18-23)26-12-6-8-21-7-3-4-11-25(21)26/h3-18H,1-2H3. The van der Waals surface area contributed by atoms with Gasteiger partial charge in [-0.05, 0) is 69.3 Å². The molecule has 0 fully saturated rings. The summed E-state index contributed by atoms with van der Waals surface area (Å²) in [6.45, 7) is 4.34. The Labute approximate surface area is 166 Å². The number of rotatable bonds is 2. The Morgan fingerprint density at radius 2 is 1.18 bits per heavy atom. The maximum atomic E-state index is 2.33. The second-order valence-electron chi connectivity index (χ2n) is 7.64. The van der Waals surface area contributed by atoms with E-state index in [0.29, 0.717) is 0 Å². The van der Waals surface area contributed by atoms with Crippen molar-refractivity contribution in [3.8, 4) is 22.3 Å². The highest BCUT2D eigenvalue weighted by Gasteiger charge is 2.09. The van der Waals surface area contributed by atoms with E-state index < -0.39 is 0 Å². The van der Waals surface area contributed by atoms with Crippen LogP contribution in [0.4, 0.5) is 0 Å². The summed E-state index contributed by atoms with van der Waals surface area (Å²) in [5.74, 6) is 0. The van der Waals surface area contributed by atoms with Crippen molar-refractivity contribution in [2.24, 2.45) is 0 Å². The normalized spacial score (nSPS) is 11.2. The summed E-state index contributed by atoms with van der Waals surface area (Å²) in [6, 6.07) is 35.4. The van der Waals surface area contributed by atoms with Crippen molar-refractivity contribution in [1.29, 1.82) is 0 Å². The van der Waals surface area contributed by atoms with Crippen LogP contribution in [0.1, 0.15) is 11.1 Å². The fourth-order valence-corrected chi connectivity index (χ4v) is 4.19. The fraction of sp³-hybridized carbons (Fsp3) is 0.0714. The minimum Gasteiger partial charge on any atom is -0.0616 e. The highest BCUT2D eigenvalue weighted by atomic mass is 14.1. The van der Waals surface area contributed by atoms with Gasteiger partial charge in [-0.15, -0.1) is 0 Å². The van der Waals surface area contributed by atoms with E-state index in [1.54, 1.807) is 0 Å². The van der Waals surface area contributed by atoms with Crippen molar-refractivity contribution < 1.29 is 0 Å². The fourth-order valence-electron chi connectivity index (χ4n) is 4.19. The van der Waals surface area contributed by atoms with Crippen LogP contribution >= 0.6 is 0 Å². The maximum Gasteiger partial charge on any atom is -0.0102 e. The second kappa shape index (κ2) is 6.65. The van der Waals surface area contributed by atoms with Gasteiger partial charge in [0.25, 0.3) is 0 Å². The lowest BCUT2D eigenvalue weighted by molar-refractivity contribution is 1.47. The van der Waals surface area contributed by atoms with Gasteiger partial charge in [0.2, 0.25) is 0 Å². The van der Waals surface area contributed by atoms with Gasteiger partial charge in [0.15, 0.2) is 0 Å². The van der Waals surface area contributed by atoms with Crippen molar-refractivity contribution >= 4 is 21.5 Å². The van der Waals surface area contributed by atoms with E-state index in [0.717, 1.165) is 0 Å². The van der Waals surface area contributed by atoms with Crippen molar-refractivity contribution in [2.75, 3.05) is 0 Å². The summed E-state index contributed by atoms with van der Waals surface area (Å²) in [5.41, 5.74) is 7.71. The van der Waals surface area contributed by atoms with Crippen LogP contribution in [0.5, 0.6) is 0 Å². The molecule has 5 aromatic rings. The molecule has 0 unspecified atom stereocenters. The topological polar surface area (TPSA) is 0 Å². The minimum absolute atomic E-state index is 1.26. The predicted molar refractivity (Wildman–Crippen MR) is 122 cm³/mol. The van der Waals surface area contributed by atoms with Crippen molar-refractivity contribution in [2.45, 2.75) is 13.8 Å². The molecule has 0 amide bonds. The first-order valence-electron chi connectivity index (χ1n) is 9.79. The molecule has 0 heterocycles. The lowest BCUT2D eigenvalue weighted by Gasteiger charge is -2.12. The minimum atomic E-state index is 1.26. The quantitative estimate of drug-likeness (QED) is 0.300. The predicted octanol–water partition coefficient (Wildman–Crippen LogP) is 7.94. The third-order valence-electron chi connectivity index (χ3n) is 5.53. The molecule has 0 radical (unpaired) electrons. The van der Waals surface area contributed by atoms with Gasteiger partial charge in [0.1, 0.15) is 0 Å². The van der Waals surface area contributed by atoms with Crippen LogP contribution in [0.25, 0.3) is 43.8 Å². The zero-order chi connectivity index (χ0) is 19.1. The molecule has 0 spiro atoms. The zero-order valence-corrected chi connectivity index (χ0v) is 16.2. The summed E-state index contributed by atoms with van der Waals surface area (Å²) in [6.07, 6.45) is 0. The van der Waals surface area contributed by atoms with Crippen LogP contribution < -0.4 is 0 Å². The molecule has 0 saturated carbocycles. The van der Waals surface area contributed by atoms with Crippen LogP contribution in [0.2, 0.25) is 0 Å². The average molecular weight is 358 g/mol. The van der Waals surface area contributed by atoms with Crippen LogP contribution in [-0.2, 0) is 0 Å². The van der Waals surface area contributed by atoms with Gasteiger partial charge < -0.3 is 0 Å². The smallest absolute Gasteiger partial charge is 0.0102 e. The molecule has 0 aliphatic heterocycles. The van der Waals surface area contributed by atoms with Crippen LogP contribution in [0.3, 0.4) is 0 Å². The summed E-state index contributed by atoms with van der Waals surface area (Å²) >= 11 is 0. The Morgan fingerprint density at radius 1 is 0.429 bits per heavy atom. The Morgan fingerprint density at radius 3 is 2.07 bits per heavy atom. The molecule has 5 rings (SSSR count). The van der Waals surface area contributed by atoms with Crippen LogP contribution in [0, 0.1) is 13.8 Å². The lowest BCUT2D eigenvalue weighted by Crippen LogP contribution is -1.87. The van der Waals surface area contributed by atoms with E-state index in [1.807, 2.05) is 0 Å². The summed E-state index contributed by atoms with van der Waals surface area (Å²) in [5, 5.41) is 5.20. The third kappa shape index (κ3) is 2.88. The Hall–Kier alpha value is -3.38. The maximum absolute atomic E-state index is 2.33. The third-order valence-corrected chi connectivity index (χ3v) is 5.53. The molecule has 0 nitrogen and oxygen atoms in total. The summed E-state index contributed by atoms with van der Waals surface area (Å²) in [7, 11) is 0. The van der Waals surface area contributed by atoms with Gasteiger partial charge in [0, 0.05) is 0 Å². The molecule has 0 N–H and O–H groups in total. The van der Waals surface area contributed by atoms with Gasteiger partial charge >= 0.3 is 0 Å². The van der Waals surface area contributed by atoms with Crippen molar-refractivity contribution in [3.05, 3.63) is 108 Å². The SMILES string of the molecule is Cc1cc(-c2cccc(-c3cccc4ccccc34)c2)c2cc(C)ccc2c1. The number of benzene rings is 5. The number of aryl methyl sites for hydroxylation is 2. The van der Waals surface area contributed by atoms with Gasteiger partial charge in [-0.1, -0.05) is 96.6 Å². The van der Waals surface area contributed by atoms with Gasteiger partial charge in [-0.3, -0.25) is 0 Å². The number of hydrogen-bond donors (Lipinski definition) is 0. The van der Waals surface area contributed by atoms with Gasteiger partial charge in [-0.2, -0.15) is 0 Å². The van der Waals surface area contributed by atoms with E-state index in [9.17, 15) is 0 Å². The Balaban J connectivity index is 1.74. The van der Waals surface area contributed by atoms with Crippen molar-refractivity contribution in [1.82, 2.24) is 0 Å². The Bertz CT molecular complexity index is 1320. The molecule has 0 bridgehead atoms. The van der Waals surface area contributed by atoms with Gasteiger partial charge in [0.05, 0.1) is 0 Å². The lowest BCUT2D eigenvalue weighted by atomic mass is 9.92. The first kappa shape index (κ1) is 16.8. The molecule has 0 heteroatoms. The average Bonchev–Trinajstić information content (AvgIpc) is 2.73. The van der Waals surface area contributed by atoms with E-state index in [4.69, 9.17) is 0 Å². The zero-order valence-electron chi connectivity index (χ0n) is 16.2. The molecule has 5 aromatic carbocycles. The first-order valence-corrected chi connectivity index (χ1v) is 9.79. The van der Waals surface area contributed by atoms with Crippen LogP contribution in [-0.4, -0.2) is 0 Å². The van der Waals surface area contributed by atoms with E-state index in [-0.39, 0.29) is 0 Å². The molecular formula is C28H22. The molecule has 0 saturated heterocycles. The molecule has 28 heavy (non-hydrogen) atoms. The van der Waals surface area contributed by atoms with Crippen LogP contribution in [0.15, 0.2) is 97.1 Å². The van der Waals surface area contributed by atoms with Gasteiger partial charge in [-0.25, -0.2) is 0 Å². The number of hydrogen-bond acceptors (Lipinski definition) is 0. The van der Waals surface area contributed by atoms with Crippen molar-refractivity contribution in [3.63, 3.8) is 0 Å². The number of fused-ring (bicyclic) bond motifs is 2. The highest BCUT2D eigenvalue weighted by molar-refractivity contribution is 6.00. The molecule has 134 valence electrons. The molecule has 0 aromatic heterocycles. The monoisotopic (exact) mass is 358 g/mol. The first-order chi connectivity index (χ1) is 13.7. The second-order valence-corrected chi connectivity index (χ2v) is 7.64. The largest absolute Gasteiger partial charge is 0.0616 e. The summed E-state index contributed by atoms with van der Waals surface area (Å²) in [4.78, 5) is 0. The van der Waals surface area contributed by atoms with E-state index in [1.165, 1.54) is 54.9 Å². The molecule has 0 aliphatic carbocycles. The van der Waals surface area contributed by atoms with E-state index in [2.05, 4.69) is 111 Å². The molecule has 0 atom stereocenters.